The number of carbonyl (C=O) groups excluding carboxylic acids is 3. The molecule has 6 nitrogen and oxygen atoms in total. The first kappa shape index (κ1) is 23.4. The molecular formula is C22H23Cl2N3O3S. The van der Waals surface area contributed by atoms with Crippen LogP contribution in [0.3, 0.4) is 0 Å². The molecule has 1 heterocycles. The summed E-state index contributed by atoms with van der Waals surface area (Å²) in [6.07, 6.45) is 2.11. The van der Waals surface area contributed by atoms with Crippen molar-refractivity contribution in [3.8, 4) is 0 Å². The van der Waals surface area contributed by atoms with Gasteiger partial charge in [0.05, 0.1) is 28.2 Å². The molecule has 0 radical (unpaired) electrons. The maximum atomic E-state index is 13.0. The molecule has 31 heavy (non-hydrogen) atoms. The minimum absolute atomic E-state index is 0.0985. The van der Waals surface area contributed by atoms with E-state index < -0.39 is 11.8 Å². The summed E-state index contributed by atoms with van der Waals surface area (Å²) in [4.78, 5) is 42.3. The van der Waals surface area contributed by atoms with Gasteiger partial charge in [0.25, 0.3) is 0 Å². The summed E-state index contributed by atoms with van der Waals surface area (Å²) in [6, 6.07) is 12.6. The Kier molecular flexibility index (Phi) is 7.86. The molecule has 1 fully saturated rings. The van der Waals surface area contributed by atoms with E-state index in [1.54, 1.807) is 41.8 Å². The zero-order valence-electron chi connectivity index (χ0n) is 17.2. The van der Waals surface area contributed by atoms with Crippen molar-refractivity contribution in [3.63, 3.8) is 0 Å². The number of nitrogens with zero attached hydrogens (tertiary/aromatic N) is 2. The lowest BCUT2D eigenvalue weighted by atomic mass is 10.1. The first-order valence-electron chi connectivity index (χ1n) is 9.81. The van der Waals surface area contributed by atoms with Gasteiger partial charge in [0, 0.05) is 30.1 Å². The van der Waals surface area contributed by atoms with E-state index in [1.807, 2.05) is 30.5 Å². The van der Waals surface area contributed by atoms with Crippen molar-refractivity contribution in [3.05, 3.63) is 52.5 Å². The molecular weight excluding hydrogens is 457 g/mol. The van der Waals surface area contributed by atoms with Crippen molar-refractivity contribution in [1.29, 1.82) is 0 Å². The van der Waals surface area contributed by atoms with Gasteiger partial charge >= 0.3 is 0 Å². The minimum Gasteiger partial charge on any atom is -0.333 e. The van der Waals surface area contributed by atoms with Gasteiger partial charge in [-0.25, -0.2) is 0 Å². The molecule has 0 saturated carbocycles. The second-order valence-corrected chi connectivity index (χ2v) is 8.79. The molecule has 0 aliphatic carbocycles. The number of amides is 3. The summed E-state index contributed by atoms with van der Waals surface area (Å²) < 4.78 is 0. The summed E-state index contributed by atoms with van der Waals surface area (Å²) in [5, 5.41) is 3.31. The maximum Gasteiger partial charge on any atom is 0.244 e. The number of benzene rings is 2. The highest BCUT2D eigenvalue weighted by atomic mass is 35.5. The zero-order chi connectivity index (χ0) is 22.5. The van der Waals surface area contributed by atoms with E-state index in [0.717, 1.165) is 10.6 Å². The number of carbonyl (C=O) groups is 3. The normalized spacial score (nSPS) is 15.8. The number of anilines is 2. The van der Waals surface area contributed by atoms with Gasteiger partial charge in [-0.15, -0.1) is 11.8 Å². The SMILES string of the molecule is CCN(CC(=O)Nc1c(Cl)cccc1Cl)C(=O)C1CC(=O)N(c2ccc(SC)cc2)C1. The fourth-order valence-corrected chi connectivity index (χ4v) is 4.36. The van der Waals surface area contributed by atoms with Crippen molar-refractivity contribution in [2.45, 2.75) is 18.2 Å². The van der Waals surface area contributed by atoms with E-state index >= 15 is 0 Å². The van der Waals surface area contributed by atoms with Crippen LogP contribution in [0.5, 0.6) is 0 Å². The van der Waals surface area contributed by atoms with E-state index in [9.17, 15) is 14.4 Å². The molecule has 0 bridgehead atoms. The fraction of sp³-hybridized carbons (Fsp3) is 0.318. The van der Waals surface area contributed by atoms with Crippen LogP contribution in [0, 0.1) is 5.92 Å². The lowest BCUT2D eigenvalue weighted by Gasteiger charge is -2.24. The van der Waals surface area contributed by atoms with Crippen LogP contribution in [-0.2, 0) is 14.4 Å². The number of hydrogen-bond acceptors (Lipinski definition) is 4. The lowest BCUT2D eigenvalue weighted by molar-refractivity contribution is -0.138. The predicted molar refractivity (Wildman–Crippen MR) is 126 cm³/mol. The number of nitrogens with one attached hydrogen (secondary N) is 1. The van der Waals surface area contributed by atoms with Gasteiger partial charge in [0.1, 0.15) is 0 Å². The monoisotopic (exact) mass is 479 g/mol. The summed E-state index contributed by atoms with van der Waals surface area (Å²) in [6.45, 7) is 2.29. The summed E-state index contributed by atoms with van der Waals surface area (Å²) in [5.74, 6) is -1.22. The Morgan fingerprint density at radius 3 is 2.39 bits per heavy atom. The van der Waals surface area contributed by atoms with Gasteiger partial charge in [-0.1, -0.05) is 29.3 Å². The van der Waals surface area contributed by atoms with E-state index in [1.165, 1.54) is 4.90 Å². The van der Waals surface area contributed by atoms with Crippen molar-refractivity contribution in [2.24, 2.45) is 5.92 Å². The van der Waals surface area contributed by atoms with Crippen LogP contribution < -0.4 is 10.2 Å². The Morgan fingerprint density at radius 1 is 1.16 bits per heavy atom. The molecule has 0 aromatic heterocycles. The van der Waals surface area contributed by atoms with Crippen LogP contribution in [-0.4, -0.2) is 48.5 Å². The van der Waals surface area contributed by atoms with E-state index in [-0.39, 0.29) is 24.8 Å². The first-order chi connectivity index (χ1) is 14.8. The number of likely N-dealkylation sites (N-methyl/N-ethyl adjacent to an activating group) is 1. The highest BCUT2D eigenvalue weighted by molar-refractivity contribution is 7.98. The van der Waals surface area contributed by atoms with Crippen molar-refractivity contribution >= 4 is 64.1 Å². The Morgan fingerprint density at radius 2 is 1.81 bits per heavy atom. The number of para-hydroxylation sites is 1. The van der Waals surface area contributed by atoms with Gasteiger partial charge < -0.3 is 15.1 Å². The number of halogens is 2. The van der Waals surface area contributed by atoms with Gasteiger partial charge in [-0.3, -0.25) is 14.4 Å². The van der Waals surface area contributed by atoms with E-state index in [2.05, 4.69) is 5.32 Å². The zero-order valence-corrected chi connectivity index (χ0v) is 19.6. The molecule has 1 unspecified atom stereocenters. The van der Waals surface area contributed by atoms with Crippen LogP contribution >= 0.6 is 35.0 Å². The standard InChI is InChI=1S/C22H23Cl2N3O3S/c1-3-26(13-19(28)25-21-17(23)5-4-6-18(21)24)22(30)14-11-20(29)27(12-14)15-7-9-16(31-2)10-8-15/h4-10,14H,3,11-13H2,1-2H3,(H,25,28). The average molecular weight is 480 g/mol. The molecule has 3 rings (SSSR count). The quantitative estimate of drug-likeness (QED) is 0.591. The van der Waals surface area contributed by atoms with Crippen molar-refractivity contribution in [2.75, 3.05) is 36.1 Å². The molecule has 0 spiro atoms. The third-order valence-corrected chi connectivity index (χ3v) is 6.49. The molecule has 164 valence electrons. The average Bonchev–Trinajstić information content (AvgIpc) is 3.16. The first-order valence-corrected chi connectivity index (χ1v) is 11.8. The van der Waals surface area contributed by atoms with Crippen LogP contribution in [0.4, 0.5) is 11.4 Å². The summed E-state index contributed by atoms with van der Waals surface area (Å²) in [5.41, 5.74) is 1.09. The molecule has 1 aliphatic rings. The topological polar surface area (TPSA) is 69.7 Å². The summed E-state index contributed by atoms with van der Waals surface area (Å²) >= 11 is 13.8. The third kappa shape index (κ3) is 5.53. The van der Waals surface area contributed by atoms with E-state index in [0.29, 0.717) is 28.8 Å². The minimum atomic E-state index is -0.496. The number of thioether (sulfide) groups is 1. The Bertz CT molecular complexity index is 964. The van der Waals surface area contributed by atoms with Gasteiger partial charge in [-0.2, -0.15) is 0 Å². The van der Waals surface area contributed by atoms with Gasteiger partial charge in [0.2, 0.25) is 17.7 Å². The highest BCUT2D eigenvalue weighted by Gasteiger charge is 2.37. The van der Waals surface area contributed by atoms with Crippen molar-refractivity contribution in [1.82, 2.24) is 4.90 Å². The van der Waals surface area contributed by atoms with Crippen LogP contribution in [0.15, 0.2) is 47.4 Å². The predicted octanol–water partition coefficient (Wildman–Crippen LogP) is 4.56. The Balaban J connectivity index is 1.64. The van der Waals surface area contributed by atoms with Crippen LogP contribution in [0.25, 0.3) is 0 Å². The van der Waals surface area contributed by atoms with Gasteiger partial charge in [0.15, 0.2) is 0 Å². The number of rotatable bonds is 7. The van der Waals surface area contributed by atoms with Gasteiger partial charge in [-0.05, 0) is 49.6 Å². The Hall–Kier alpha value is -2.22. The maximum absolute atomic E-state index is 13.0. The lowest BCUT2D eigenvalue weighted by Crippen LogP contribution is -2.42. The number of hydrogen-bond donors (Lipinski definition) is 1. The molecule has 9 heteroatoms. The fourth-order valence-electron chi connectivity index (χ4n) is 3.46. The molecule has 1 saturated heterocycles. The van der Waals surface area contributed by atoms with E-state index in [4.69, 9.17) is 23.2 Å². The van der Waals surface area contributed by atoms with Crippen molar-refractivity contribution < 1.29 is 14.4 Å². The molecule has 3 amide bonds. The smallest absolute Gasteiger partial charge is 0.244 e. The largest absolute Gasteiger partial charge is 0.333 e. The highest BCUT2D eigenvalue weighted by Crippen LogP contribution is 2.30. The van der Waals surface area contributed by atoms with Crippen LogP contribution in [0.2, 0.25) is 10.0 Å². The third-order valence-electron chi connectivity index (χ3n) is 5.11. The molecule has 2 aromatic carbocycles. The molecule has 1 aliphatic heterocycles. The second-order valence-electron chi connectivity index (χ2n) is 7.10. The Labute approximate surface area is 195 Å². The molecule has 1 atom stereocenters. The molecule has 2 aromatic rings. The second kappa shape index (κ2) is 10.4. The van der Waals surface area contributed by atoms with Crippen LogP contribution in [0.1, 0.15) is 13.3 Å². The summed E-state index contributed by atoms with van der Waals surface area (Å²) in [7, 11) is 0. The molecule has 1 N–H and O–H groups in total.